The van der Waals surface area contributed by atoms with Gasteiger partial charge >= 0.3 is 0 Å². The number of hydrogen-bond acceptors (Lipinski definition) is 4. The number of halogens is 2. The minimum atomic E-state index is -0.485. The normalized spacial score (nSPS) is 14.7. The number of amides is 1. The van der Waals surface area contributed by atoms with Crippen LogP contribution in [-0.4, -0.2) is 42.0 Å². The Kier molecular flexibility index (Phi) is 6.62. The minimum Gasteiger partial charge on any atom is -0.351 e. The highest BCUT2D eigenvalue weighted by Crippen LogP contribution is 2.30. The lowest BCUT2D eigenvalue weighted by atomic mass is 10.2. The van der Waals surface area contributed by atoms with Crippen LogP contribution in [-0.2, 0) is 0 Å². The number of nitrogens with zero attached hydrogens (tertiary/aromatic N) is 2. The van der Waals surface area contributed by atoms with Gasteiger partial charge in [-0.2, -0.15) is 0 Å². The third kappa shape index (κ3) is 4.81. The zero-order valence-corrected chi connectivity index (χ0v) is 16.4. The van der Waals surface area contributed by atoms with Crippen LogP contribution in [0.1, 0.15) is 41.0 Å². The molecule has 1 amide bonds. The molecule has 4 nitrogen and oxygen atoms in total. The second kappa shape index (κ2) is 8.93. The lowest BCUT2D eigenvalue weighted by molar-refractivity contribution is 0.0956. The van der Waals surface area contributed by atoms with Crippen molar-refractivity contribution < 1.29 is 9.18 Å². The summed E-state index contributed by atoms with van der Waals surface area (Å²) < 4.78 is 13.6. The molecule has 0 bridgehead atoms. The molecule has 0 unspecified atom stereocenters. The maximum absolute atomic E-state index is 13.6. The number of aryl methyl sites for hydroxylation is 1. The number of aromatic nitrogens is 1. The van der Waals surface area contributed by atoms with Crippen molar-refractivity contribution in [2.24, 2.45) is 0 Å². The first-order valence-electron chi connectivity index (χ1n) is 8.98. The average Bonchev–Trinajstić information content (AvgIpc) is 3.26. The van der Waals surface area contributed by atoms with E-state index >= 15 is 0 Å². The van der Waals surface area contributed by atoms with Crippen molar-refractivity contribution in [2.75, 3.05) is 26.2 Å². The van der Waals surface area contributed by atoms with Crippen LogP contribution in [0.3, 0.4) is 0 Å². The van der Waals surface area contributed by atoms with E-state index in [1.807, 2.05) is 0 Å². The van der Waals surface area contributed by atoms with Gasteiger partial charge in [0.05, 0.1) is 10.7 Å². The molecule has 3 rings (SSSR count). The highest BCUT2D eigenvalue weighted by atomic mass is 35.5. The summed E-state index contributed by atoms with van der Waals surface area (Å²) in [5.74, 6) is -0.595. The zero-order chi connectivity index (χ0) is 18.5. The van der Waals surface area contributed by atoms with Gasteiger partial charge in [-0.1, -0.05) is 17.7 Å². The Labute approximate surface area is 162 Å². The van der Waals surface area contributed by atoms with Gasteiger partial charge in [-0.25, -0.2) is 9.37 Å². The Balaban J connectivity index is 1.52. The lowest BCUT2D eigenvalue weighted by Gasteiger charge is -2.13. The Hall–Kier alpha value is -1.50. The van der Waals surface area contributed by atoms with Gasteiger partial charge in [0.25, 0.3) is 5.91 Å². The molecule has 1 aliphatic heterocycles. The number of unbranched alkanes of at least 4 members (excludes halogenated alkanes) is 1. The molecule has 26 heavy (non-hydrogen) atoms. The number of carbonyl (C=O) groups is 1. The van der Waals surface area contributed by atoms with Crippen molar-refractivity contribution in [1.82, 2.24) is 15.2 Å². The monoisotopic (exact) mass is 395 g/mol. The summed E-state index contributed by atoms with van der Waals surface area (Å²) >= 11 is 7.00. The van der Waals surface area contributed by atoms with Crippen LogP contribution >= 0.6 is 22.9 Å². The van der Waals surface area contributed by atoms with E-state index in [4.69, 9.17) is 11.6 Å². The molecule has 0 spiro atoms. The zero-order valence-electron chi connectivity index (χ0n) is 14.9. The summed E-state index contributed by atoms with van der Waals surface area (Å²) in [7, 11) is 0. The van der Waals surface area contributed by atoms with Gasteiger partial charge in [-0.3, -0.25) is 4.79 Å². The van der Waals surface area contributed by atoms with Gasteiger partial charge in [0.15, 0.2) is 0 Å². The molecule has 0 saturated carbocycles. The molecule has 0 radical (unpaired) electrons. The van der Waals surface area contributed by atoms with Gasteiger partial charge < -0.3 is 10.2 Å². The average molecular weight is 396 g/mol. The quantitative estimate of drug-likeness (QED) is 0.701. The van der Waals surface area contributed by atoms with Crippen LogP contribution in [0.25, 0.3) is 10.6 Å². The Bertz CT molecular complexity index is 774. The van der Waals surface area contributed by atoms with Crippen LogP contribution in [0, 0.1) is 12.7 Å². The van der Waals surface area contributed by atoms with Gasteiger partial charge in [0, 0.05) is 12.1 Å². The van der Waals surface area contributed by atoms with E-state index in [-0.39, 0.29) is 10.9 Å². The van der Waals surface area contributed by atoms with E-state index < -0.39 is 5.82 Å². The fourth-order valence-electron chi connectivity index (χ4n) is 3.11. The number of likely N-dealkylation sites (tertiary alicyclic amines) is 1. The Morgan fingerprint density at radius 3 is 2.85 bits per heavy atom. The maximum Gasteiger partial charge on any atom is 0.263 e. The molecule has 1 aromatic carbocycles. The van der Waals surface area contributed by atoms with E-state index in [0.717, 1.165) is 19.4 Å². The maximum atomic E-state index is 13.6. The predicted octanol–water partition coefficient (Wildman–Crippen LogP) is 4.52. The molecule has 2 aromatic rings. The molecule has 1 N–H and O–H groups in total. The van der Waals surface area contributed by atoms with Gasteiger partial charge in [0.1, 0.15) is 15.7 Å². The van der Waals surface area contributed by atoms with E-state index in [2.05, 4.69) is 15.2 Å². The third-order valence-corrected chi connectivity index (χ3v) is 6.07. The van der Waals surface area contributed by atoms with Crippen LogP contribution in [0.5, 0.6) is 0 Å². The second-order valence-electron chi connectivity index (χ2n) is 6.57. The highest BCUT2D eigenvalue weighted by Gasteiger charge is 2.17. The van der Waals surface area contributed by atoms with Crippen LogP contribution in [0.2, 0.25) is 5.02 Å². The van der Waals surface area contributed by atoms with E-state index in [9.17, 15) is 9.18 Å². The van der Waals surface area contributed by atoms with E-state index in [1.54, 1.807) is 13.0 Å². The van der Waals surface area contributed by atoms with Crippen LogP contribution in [0.4, 0.5) is 4.39 Å². The first kappa shape index (κ1) is 19.3. The van der Waals surface area contributed by atoms with Crippen molar-refractivity contribution >= 4 is 28.8 Å². The molecular weight excluding hydrogens is 373 g/mol. The van der Waals surface area contributed by atoms with Crippen molar-refractivity contribution in [3.8, 4) is 10.6 Å². The molecule has 0 aliphatic carbocycles. The molecule has 0 atom stereocenters. The summed E-state index contributed by atoms with van der Waals surface area (Å²) in [6.07, 6.45) is 4.68. The molecule has 1 saturated heterocycles. The number of benzene rings is 1. The highest BCUT2D eigenvalue weighted by molar-refractivity contribution is 7.17. The molecular formula is C19H23ClFN3OS. The molecule has 1 aliphatic rings. The van der Waals surface area contributed by atoms with Crippen LogP contribution < -0.4 is 5.32 Å². The second-order valence-corrected chi connectivity index (χ2v) is 7.98. The Morgan fingerprint density at radius 1 is 1.35 bits per heavy atom. The summed E-state index contributed by atoms with van der Waals surface area (Å²) in [6, 6.07) is 4.56. The van der Waals surface area contributed by atoms with Crippen molar-refractivity contribution in [2.45, 2.75) is 32.6 Å². The summed E-state index contributed by atoms with van der Waals surface area (Å²) in [5.41, 5.74) is 1.29. The molecule has 1 fully saturated rings. The van der Waals surface area contributed by atoms with Crippen molar-refractivity contribution in [3.63, 3.8) is 0 Å². The Morgan fingerprint density at radius 2 is 2.12 bits per heavy atom. The first-order chi connectivity index (χ1) is 12.5. The number of hydrogen-bond donors (Lipinski definition) is 1. The topological polar surface area (TPSA) is 45.2 Å². The summed E-state index contributed by atoms with van der Waals surface area (Å²) in [5, 5.41) is 3.67. The van der Waals surface area contributed by atoms with Gasteiger partial charge in [-0.05, 0) is 64.4 Å². The number of nitrogens with one attached hydrogen (secondary N) is 1. The van der Waals surface area contributed by atoms with Crippen molar-refractivity contribution in [3.05, 3.63) is 39.6 Å². The summed E-state index contributed by atoms with van der Waals surface area (Å²) in [4.78, 5) is 19.9. The van der Waals surface area contributed by atoms with Crippen LogP contribution in [0.15, 0.2) is 18.2 Å². The molecule has 1 aromatic heterocycles. The molecule has 7 heteroatoms. The smallest absolute Gasteiger partial charge is 0.263 e. The number of carbonyl (C=O) groups excluding carboxylic acids is 1. The number of thiazole rings is 1. The summed E-state index contributed by atoms with van der Waals surface area (Å²) in [6.45, 7) is 5.99. The predicted molar refractivity (Wildman–Crippen MR) is 104 cm³/mol. The molecule has 2 heterocycles. The van der Waals surface area contributed by atoms with E-state index in [1.165, 1.54) is 49.4 Å². The number of rotatable bonds is 7. The SMILES string of the molecule is Cc1nc(-c2ccc(Cl)c(F)c2)sc1C(=O)NCCCCN1CCCC1. The lowest BCUT2D eigenvalue weighted by Crippen LogP contribution is -2.26. The minimum absolute atomic E-state index is 0.0777. The van der Waals surface area contributed by atoms with Gasteiger partial charge in [0.2, 0.25) is 0 Å². The fourth-order valence-corrected chi connectivity index (χ4v) is 4.21. The van der Waals surface area contributed by atoms with Gasteiger partial charge in [-0.15, -0.1) is 11.3 Å². The first-order valence-corrected chi connectivity index (χ1v) is 10.2. The largest absolute Gasteiger partial charge is 0.351 e. The van der Waals surface area contributed by atoms with Crippen molar-refractivity contribution in [1.29, 1.82) is 0 Å². The standard InChI is InChI=1S/C19H23ClFN3OS/c1-13-17(18(25)22-8-2-3-9-24-10-4-5-11-24)26-19(23-13)14-6-7-15(20)16(21)12-14/h6-7,12H,2-5,8-11H2,1H3,(H,22,25). The third-order valence-electron chi connectivity index (χ3n) is 4.55. The fraction of sp³-hybridized carbons (Fsp3) is 0.474. The molecule has 140 valence electrons. The van der Waals surface area contributed by atoms with E-state index in [0.29, 0.717) is 27.7 Å².